The van der Waals surface area contributed by atoms with Crippen LogP contribution in [0.4, 0.5) is 4.39 Å². The number of rotatable bonds is 6. The monoisotopic (exact) mass is 277 g/mol. The Bertz CT molecular complexity index is 565. The van der Waals surface area contributed by atoms with Crippen LogP contribution in [-0.4, -0.2) is 13.7 Å². The van der Waals surface area contributed by atoms with Crippen molar-refractivity contribution in [1.29, 1.82) is 0 Å². The van der Waals surface area contributed by atoms with E-state index in [0.717, 1.165) is 30.0 Å². The van der Waals surface area contributed by atoms with Crippen LogP contribution in [0.25, 0.3) is 0 Å². The van der Waals surface area contributed by atoms with Crippen LogP contribution in [0.3, 0.4) is 0 Å². The lowest BCUT2D eigenvalue weighted by molar-refractivity contribution is 0.387. The molecule has 1 aromatic carbocycles. The first-order valence-corrected chi connectivity index (χ1v) is 6.85. The first kappa shape index (κ1) is 14.6. The lowest BCUT2D eigenvalue weighted by atomic mass is 10.0. The minimum Gasteiger partial charge on any atom is -0.496 e. The van der Waals surface area contributed by atoms with E-state index in [1.165, 1.54) is 12.1 Å². The first-order chi connectivity index (χ1) is 9.69. The standard InChI is InChI=1S/C16H20FNO2/c1-4-12-7-9-15(20-12)16(18-5-2)13-10-11(17)6-8-14(13)19-3/h6-10,16,18H,4-5H2,1-3H3. The fourth-order valence-electron chi connectivity index (χ4n) is 2.24. The van der Waals surface area contributed by atoms with Crippen molar-refractivity contribution in [2.24, 2.45) is 0 Å². The largest absolute Gasteiger partial charge is 0.496 e. The maximum atomic E-state index is 13.6. The molecule has 0 saturated carbocycles. The van der Waals surface area contributed by atoms with Gasteiger partial charge >= 0.3 is 0 Å². The summed E-state index contributed by atoms with van der Waals surface area (Å²) in [6.07, 6.45) is 0.832. The molecule has 108 valence electrons. The maximum Gasteiger partial charge on any atom is 0.125 e. The second-order valence-electron chi connectivity index (χ2n) is 4.53. The van der Waals surface area contributed by atoms with Crippen molar-refractivity contribution in [3.8, 4) is 5.75 Å². The number of halogens is 1. The summed E-state index contributed by atoms with van der Waals surface area (Å²) in [7, 11) is 1.58. The highest BCUT2D eigenvalue weighted by Gasteiger charge is 2.21. The summed E-state index contributed by atoms with van der Waals surface area (Å²) in [6, 6.07) is 8.18. The number of methoxy groups -OCH3 is 1. The third-order valence-electron chi connectivity index (χ3n) is 3.23. The van der Waals surface area contributed by atoms with Crippen LogP contribution in [-0.2, 0) is 6.42 Å². The molecule has 1 unspecified atom stereocenters. The molecule has 1 heterocycles. The molecule has 2 aromatic rings. The number of hydrogen-bond donors (Lipinski definition) is 1. The van der Waals surface area contributed by atoms with E-state index >= 15 is 0 Å². The number of benzene rings is 1. The highest BCUT2D eigenvalue weighted by atomic mass is 19.1. The number of aryl methyl sites for hydroxylation is 1. The lowest BCUT2D eigenvalue weighted by Gasteiger charge is -2.19. The Labute approximate surface area is 118 Å². The minimum absolute atomic E-state index is 0.217. The zero-order valence-electron chi connectivity index (χ0n) is 12.1. The highest BCUT2D eigenvalue weighted by molar-refractivity contribution is 5.40. The lowest BCUT2D eigenvalue weighted by Crippen LogP contribution is -2.22. The Hall–Kier alpha value is -1.81. The van der Waals surface area contributed by atoms with Gasteiger partial charge in [-0.05, 0) is 36.9 Å². The van der Waals surface area contributed by atoms with Gasteiger partial charge in [0.1, 0.15) is 23.1 Å². The van der Waals surface area contributed by atoms with E-state index in [0.29, 0.717) is 5.75 Å². The molecule has 0 spiro atoms. The van der Waals surface area contributed by atoms with Crippen LogP contribution in [0.1, 0.15) is 37.0 Å². The summed E-state index contributed by atoms with van der Waals surface area (Å²) < 4.78 is 24.7. The molecule has 0 bridgehead atoms. The topological polar surface area (TPSA) is 34.4 Å². The molecule has 0 amide bonds. The molecule has 3 nitrogen and oxygen atoms in total. The van der Waals surface area contributed by atoms with Crippen LogP contribution in [0, 0.1) is 5.82 Å². The van der Waals surface area contributed by atoms with E-state index in [-0.39, 0.29) is 11.9 Å². The average molecular weight is 277 g/mol. The third-order valence-corrected chi connectivity index (χ3v) is 3.23. The Morgan fingerprint density at radius 1 is 1.25 bits per heavy atom. The molecule has 20 heavy (non-hydrogen) atoms. The highest BCUT2D eigenvalue weighted by Crippen LogP contribution is 2.31. The van der Waals surface area contributed by atoms with Crippen molar-refractivity contribution in [3.63, 3.8) is 0 Å². The predicted molar refractivity (Wildman–Crippen MR) is 76.6 cm³/mol. The van der Waals surface area contributed by atoms with E-state index < -0.39 is 0 Å². The molecule has 2 rings (SSSR count). The molecule has 0 aliphatic rings. The van der Waals surface area contributed by atoms with Crippen LogP contribution in [0.2, 0.25) is 0 Å². The van der Waals surface area contributed by atoms with Crippen molar-refractivity contribution in [2.45, 2.75) is 26.3 Å². The molecule has 1 aromatic heterocycles. The van der Waals surface area contributed by atoms with Crippen LogP contribution < -0.4 is 10.1 Å². The molecule has 1 N–H and O–H groups in total. The normalized spacial score (nSPS) is 12.4. The van der Waals surface area contributed by atoms with E-state index in [1.54, 1.807) is 13.2 Å². The van der Waals surface area contributed by atoms with E-state index in [9.17, 15) is 4.39 Å². The van der Waals surface area contributed by atoms with Crippen molar-refractivity contribution in [3.05, 3.63) is 53.2 Å². The van der Waals surface area contributed by atoms with Gasteiger partial charge in [-0.25, -0.2) is 4.39 Å². The van der Waals surface area contributed by atoms with Crippen LogP contribution >= 0.6 is 0 Å². The summed E-state index contributed by atoms with van der Waals surface area (Å²) in [5, 5.41) is 3.31. The van der Waals surface area contributed by atoms with Gasteiger partial charge in [-0.2, -0.15) is 0 Å². The van der Waals surface area contributed by atoms with E-state index in [4.69, 9.17) is 9.15 Å². The Kier molecular flexibility index (Phi) is 4.79. The molecule has 0 saturated heterocycles. The smallest absolute Gasteiger partial charge is 0.125 e. The summed E-state index contributed by atoms with van der Waals surface area (Å²) >= 11 is 0. The first-order valence-electron chi connectivity index (χ1n) is 6.85. The second kappa shape index (κ2) is 6.57. The van der Waals surface area contributed by atoms with Crippen molar-refractivity contribution >= 4 is 0 Å². The van der Waals surface area contributed by atoms with Crippen molar-refractivity contribution in [1.82, 2.24) is 5.32 Å². The summed E-state index contributed by atoms with van der Waals surface area (Å²) in [4.78, 5) is 0. The second-order valence-corrected chi connectivity index (χ2v) is 4.53. The minimum atomic E-state index is -0.286. The van der Waals surface area contributed by atoms with Gasteiger partial charge in [-0.15, -0.1) is 0 Å². The van der Waals surface area contributed by atoms with Gasteiger partial charge in [-0.1, -0.05) is 13.8 Å². The van der Waals surface area contributed by atoms with Crippen LogP contribution in [0.5, 0.6) is 5.75 Å². The maximum absolute atomic E-state index is 13.6. The van der Waals surface area contributed by atoms with Crippen molar-refractivity contribution in [2.75, 3.05) is 13.7 Å². The van der Waals surface area contributed by atoms with Gasteiger partial charge < -0.3 is 14.5 Å². The number of nitrogens with one attached hydrogen (secondary N) is 1. The quantitative estimate of drug-likeness (QED) is 0.874. The molecule has 0 fully saturated rings. The number of ether oxygens (including phenoxy) is 1. The molecular weight excluding hydrogens is 257 g/mol. The van der Waals surface area contributed by atoms with Crippen molar-refractivity contribution < 1.29 is 13.5 Å². The molecular formula is C16H20FNO2. The Balaban J connectivity index is 2.44. The van der Waals surface area contributed by atoms with Crippen LogP contribution in [0.15, 0.2) is 34.7 Å². The van der Waals surface area contributed by atoms with E-state index in [2.05, 4.69) is 5.32 Å². The molecule has 4 heteroatoms. The van der Waals surface area contributed by atoms with E-state index in [1.807, 2.05) is 26.0 Å². The SMILES string of the molecule is CCNC(c1ccc(CC)o1)c1cc(F)ccc1OC. The van der Waals surface area contributed by atoms with Gasteiger partial charge in [0.05, 0.1) is 13.2 Å². The fourth-order valence-corrected chi connectivity index (χ4v) is 2.24. The van der Waals surface area contributed by atoms with Gasteiger partial charge in [0, 0.05) is 12.0 Å². The summed E-state index contributed by atoms with van der Waals surface area (Å²) in [6.45, 7) is 4.78. The van der Waals surface area contributed by atoms with Gasteiger partial charge in [0.15, 0.2) is 0 Å². The Morgan fingerprint density at radius 2 is 2.05 bits per heavy atom. The zero-order chi connectivity index (χ0) is 14.5. The number of furan rings is 1. The predicted octanol–water partition coefficient (Wildman–Crippen LogP) is 3.69. The molecule has 0 aliphatic heterocycles. The van der Waals surface area contributed by atoms with Gasteiger partial charge in [0.25, 0.3) is 0 Å². The molecule has 0 aliphatic carbocycles. The molecule has 1 atom stereocenters. The fraction of sp³-hybridized carbons (Fsp3) is 0.375. The average Bonchev–Trinajstić information content (AvgIpc) is 2.93. The third kappa shape index (κ3) is 3.02. The summed E-state index contributed by atoms with van der Waals surface area (Å²) in [5.74, 6) is 2.05. The zero-order valence-corrected chi connectivity index (χ0v) is 12.1. The number of hydrogen-bond acceptors (Lipinski definition) is 3. The Morgan fingerprint density at radius 3 is 2.65 bits per heavy atom. The summed E-state index contributed by atoms with van der Waals surface area (Å²) in [5.41, 5.74) is 0.742. The van der Waals surface area contributed by atoms with Gasteiger partial charge in [-0.3, -0.25) is 0 Å². The molecule has 0 radical (unpaired) electrons. The van der Waals surface area contributed by atoms with Gasteiger partial charge in [0.2, 0.25) is 0 Å².